The van der Waals surface area contributed by atoms with E-state index in [1.165, 1.54) is 57.8 Å². The number of pyridine rings is 1. The number of allylic oxidation sites excluding steroid dienone is 2. The Bertz CT molecular complexity index is 1040. The van der Waals surface area contributed by atoms with Crippen LogP contribution in [0.2, 0.25) is 0 Å². The third kappa shape index (κ3) is 19.0. The molecule has 0 aliphatic carbocycles. The van der Waals surface area contributed by atoms with E-state index in [0.717, 1.165) is 36.9 Å². The lowest BCUT2D eigenvalue weighted by atomic mass is 9.93. The first-order chi connectivity index (χ1) is 20.4. The number of aromatic nitrogens is 1. The average molecular weight is 602 g/mol. The van der Waals surface area contributed by atoms with Crippen molar-refractivity contribution in [3.05, 3.63) is 72.1 Å². The molecule has 0 fully saturated rings. The summed E-state index contributed by atoms with van der Waals surface area (Å²) in [5.74, 6) is 0.503. The summed E-state index contributed by atoms with van der Waals surface area (Å²) in [6.07, 6.45) is 23.3. The van der Waals surface area contributed by atoms with E-state index in [1.54, 1.807) is 6.20 Å². The molecular weight excluding hydrogens is 549 g/mol. The maximum absolute atomic E-state index is 12.7. The molecule has 0 saturated heterocycles. The van der Waals surface area contributed by atoms with Crippen molar-refractivity contribution >= 4 is 13.6 Å². The summed E-state index contributed by atoms with van der Waals surface area (Å²) in [5.41, 5.74) is 1.79. The molecule has 2 rings (SSSR count). The quantitative estimate of drug-likeness (QED) is 0.0665. The molecule has 1 heterocycles. The number of phosphoric acid groups is 1. The SMILES string of the molecule is CCCCCCCC/C=C\CCCCCCCC(=O)C[C@@H](COP(=O)(O)O)Cc1ccc(OCc2ccccn2)cc1. The Balaban J connectivity index is 1.63. The molecule has 0 unspecified atom stereocenters. The fourth-order valence-corrected chi connectivity index (χ4v) is 5.31. The molecule has 0 spiro atoms. The number of hydrogen-bond donors (Lipinski definition) is 2. The Morgan fingerprint density at radius 2 is 1.52 bits per heavy atom. The number of nitrogens with zero attached hydrogens (tertiary/aromatic N) is 1. The highest BCUT2D eigenvalue weighted by atomic mass is 31.2. The zero-order valence-corrected chi connectivity index (χ0v) is 26.4. The standard InChI is InChI=1S/C34H52NO6P/c1-2-3-4-5-6-7-8-9-10-11-12-13-14-15-16-20-33(36)27-31(28-41-42(37,38)39)26-30-21-23-34(24-22-30)40-29-32-19-17-18-25-35-32/h9-10,17-19,21-25,31H,2-8,11-16,20,26-29H2,1H3,(H2,37,38,39)/b10-9-/t31-/m0/s1. The van der Waals surface area contributed by atoms with Gasteiger partial charge in [0.15, 0.2) is 0 Å². The van der Waals surface area contributed by atoms with E-state index in [-0.39, 0.29) is 24.7 Å². The molecule has 0 amide bonds. The van der Waals surface area contributed by atoms with E-state index >= 15 is 0 Å². The van der Waals surface area contributed by atoms with Crippen molar-refractivity contribution in [1.82, 2.24) is 4.98 Å². The highest BCUT2D eigenvalue weighted by molar-refractivity contribution is 7.46. The van der Waals surface area contributed by atoms with Crippen LogP contribution < -0.4 is 4.74 Å². The molecular formula is C34H52NO6P. The van der Waals surface area contributed by atoms with E-state index in [2.05, 4.69) is 24.1 Å². The first-order valence-electron chi connectivity index (χ1n) is 15.8. The molecule has 0 aliphatic heterocycles. The van der Waals surface area contributed by atoms with Crippen LogP contribution in [0.15, 0.2) is 60.8 Å². The molecule has 1 aromatic carbocycles. The predicted molar refractivity (Wildman–Crippen MR) is 169 cm³/mol. The number of rotatable bonds is 25. The smallest absolute Gasteiger partial charge is 0.469 e. The molecule has 7 nitrogen and oxygen atoms in total. The number of benzene rings is 1. The topological polar surface area (TPSA) is 106 Å². The second kappa shape index (κ2) is 22.3. The third-order valence-electron chi connectivity index (χ3n) is 7.27. The van der Waals surface area contributed by atoms with Gasteiger partial charge in [-0.15, -0.1) is 0 Å². The molecule has 0 aliphatic rings. The fourth-order valence-electron chi connectivity index (χ4n) is 4.91. The van der Waals surface area contributed by atoms with Crippen LogP contribution in [0.1, 0.15) is 114 Å². The van der Waals surface area contributed by atoms with Gasteiger partial charge in [0.1, 0.15) is 18.1 Å². The van der Waals surface area contributed by atoms with Crippen LogP contribution in [0, 0.1) is 5.92 Å². The Kier molecular flexibility index (Phi) is 19.0. The first kappa shape index (κ1) is 35.9. The maximum Gasteiger partial charge on any atom is 0.469 e. The Hall–Kier alpha value is -2.31. The van der Waals surface area contributed by atoms with E-state index < -0.39 is 7.82 Å². The van der Waals surface area contributed by atoms with Crippen LogP contribution >= 0.6 is 7.82 Å². The van der Waals surface area contributed by atoms with Crippen molar-refractivity contribution in [3.8, 4) is 5.75 Å². The van der Waals surface area contributed by atoms with E-state index in [0.29, 0.717) is 25.2 Å². The second-order valence-electron chi connectivity index (χ2n) is 11.2. The molecule has 0 saturated carbocycles. The van der Waals surface area contributed by atoms with Crippen LogP contribution in [0.5, 0.6) is 5.75 Å². The number of carbonyl (C=O) groups excluding carboxylic acids is 1. The molecule has 2 N–H and O–H groups in total. The molecule has 8 heteroatoms. The van der Waals surface area contributed by atoms with Gasteiger partial charge in [-0.25, -0.2) is 4.57 Å². The minimum Gasteiger partial charge on any atom is -0.487 e. The van der Waals surface area contributed by atoms with E-state index in [1.807, 2.05) is 42.5 Å². The maximum atomic E-state index is 12.7. The summed E-state index contributed by atoms with van der Waals surface area (Å²) in [7, 11) is -4.61. The summed E-state index contributed by atoms with van der Waals surface area (Å²) in [4.78, 5) is 35.3. The fraction of sp³-hybridized carbons (Fsp3) is 0.588. The number of hydrogen-bond acceptors (Lipinski definition) is 5. The van der Waals surface area contributed by atoms with Gasteiger partial charge in [-0.2, -0.15) is 0 Å². The van der Waals surface area contributed by atoms with Gasteiger partial charge >= 0.3 is 7.82 Å². The first-order valence-corrected chi connectivity index (χ1v) is 17.4. The number of Topliss-reactive ketones (excluding diaryl/α,β-unsaturated/α-hetero) is 1. The lowest BCUT2D eigenvalue weighted by Gasteiger charge is -2.17. The van der Waals surface area contributed by atoms with Gasteiger partial charge in [0.2, 0.25) is 0 Å². The number of ether oxygens (including phenoxy) is 1. The average Bonchev–Trinajstić information content (AvgIpc) is 2.97. The number of carbonyl (C=O) groups is 1. The zero-order chi connectivity index (χ0) is 30.3. The Morgan fingerprint density at radius 1 is 0.881 bits per heavy atom. The molecule has 0 radical (unpaired) electrons. The van der Waals surface area contributed by atoms with Crippen molar-refractivity contribution < 1.29 is 28.4 Å². The van der Waals surface area contributed by atoms with Crippen LogP contribution in [0.4, 0.5) is 0 Å². The van der Waals surface area contributed by atoms with Crippen molar-refractivity contribution in [2.24, 2.45) is 5.92 Å². The normalized spacial score (nSPS) is 12.5. The van der Waals surface area contributed by atoms with Crippen LogP contribution in [-0.2, 0) is 26.9 Å². The number of unbranched alkanes of at least 4 members (excludes halogenated alkanes) is 11. The minimum atomic E-state index is -4.61. The number of phosphoric ester groups is 1. The van der Waals surface area contributed by atoms with Crippen molar-refractivity contribution in [2.45, 2.75) is 116 Å². The summed E-state index contributed by atoms with van der Waals surface area (Å²) in [6.45, 7) is 2.45. The van der Waals surface area contributed by atoms with Crippen LogP contribution in [0.25, 0.3) is 0 Å². The molecule has 0 bridgehead atoms. The van der Waals surface area contributed by atoms with Crippen molar-refractivity contribution in [1.29, 1.82) is 0 Å². The summed E-state index contributed by atoms with van der Waals surface area (Å²) < 4.78 is 21.9. The lowest BCUT2D eigenvalue weighted by molar-refractivity contribution is -0.120. The Morgan fingerprint density at radius 3 is 2.14 bits per heavy atom. The highest BCUT2D eigenvalue weighted by Crippen LogP contribution is 2.37. The summed E-state index contributed by atoms with van der Waals surface area (Å²) in [5, 5.41) is 0. The Labute approximate surface area is 253 Å². The van der Waals surface area contributed by atoms with Crippen LogP contribution in [0.3, 0.4) is 0 Å². The highest BCUT2D eigenvalue weighted by Gasteiger charge is 2.21. The van der Waals surface area contributed by atoms with Gasteiger partial charge in [0.25, 0.3) is 0 Å². The summed E-state index contributed by atoms with van der Waals surface area (Å²) >= 11 is 0. The zero-order valence-electron chi connectivity index (χ0n) is 25.5. The van der Waals surface area contributed by atoms with Crippen molar-refractivity contribution in [3.63, 3.8) is 0 Å². The lowest BCUT2D eigenvalue weighted by Crippen LogP contribution is -2.17. The third-order valence-corrected chi connectivity index (χ3v) is 7.76. The molecule has 234 valence electrons. The largest absolute Gasteiger partial charge is 0.487 e. The number of ketones is 1. The van der Waals surface area contributed by atoms with Crippen molar-refractivity contribution in [2.75, 3.05) is 6.61 Å². The molecule has 2 aromatic rings. The van der Waals surface area contributed by atoms with Gasteiger partial charge in [-0.05, 0) is 74.3 Å². The van der Waals surface area contributed by atoms with Crippen LogP contribution in [-0.4, -0.2) is 27.2 Å². The minimum absolute atomic E-state index is 0.113. The monoisotopic (exact) mass is 601 g/mol. The van der Waals surface area contributed by atoms with Gasteiger partial charge < -0.3 is 14.5 Å². The molecule has 1 aromatic heterocycles. The second-order valence-corrected chi connectivity index (χ2v) is 12.4. The summed E-state index contributed by atoms with van der Waals surface area (Å²) in [6, 6.07) is 13.2. The molecule has 1 atom stereocenters. The van der Waals surface area contributed by atoms with Gasteiger partial charge in [0.05, 0.1) is 12.3 Å². The van der Waals surface area contributed by atoms with E-state index in [4.69, 9.17) is 9.26 Å². The predicted octanol–water partition coefficient (Wildman–Crippen LogP) is 8.93. The van der Waals surface area contributed by atoms with E-state index in [9.17, 15) is 19.1 Å². The van der Waals surface area contributed by atoms with Gasteiger partial charge in [-0.1, -0.05) is 88.6 Å². The molecule has 42 heavy (non-hydrogen) atoms. The van der Waals surface area contributed by atoms with Gasteiger partial charge in [-0.3, -0.25) is 14.3 Å². The van der Waals surface area contributed by atoms with Gasteiger partial charge in [0, 0.05) is 19.0 Å².